The first kappa shape index (κ1) is 13.5. The molecule has 5 heteroatoms. The number of hydrogen-bond acceptors (Lipinski definition) is 0. The van der Waals surface area contributed by atoms with Crippen LogP contribution >= 0.6 is 0 Å². The summed E-state index contributed by atoms with van der Waals surface area (Å²) in [5.41, 5.74) is -0.293. The Morgan fingerprint density at radius 3 is 2.11 bits per heavy atom. The van der Waals surface area contributed by atoms with E-state index in [0.717, 1.165) is 18.2 Å². The van der Waals surface area contributed by atoms with Crippen LogP contribution in [-0.2, 0) is 6.18 Å². The minimum Gasteiger partial charge on any atom is -0.207 e. The van der Waals surface area contributed by atoms with E-state index in [0.29, 0.717) is 11.6 Å². The van der Waals surface area contributed by atoms with Gasteiger partial charge in [0.1, 0.15) is 11.6 Å². The fourth-order valence-electron chi connectivity index (χ4n) is 1.79. The van der Waals surface area contributed by atoms with Crippen LogP contribution in [0.15, 0.2) is 36.4 Å². The van der Waals surface area contributed by atoms with Gasteiger partial charge in [-0.05, 0) is 42.3 Å². The van der Waals surface area contributed by atoms with E-state index in [9.17, 15) is 22.0 Å². The van der Waals surface area contributed by atoms with Gasteiger partial charge in [0.2, 0.25) is 0 Å². The number of alkyl halides is 3. The van der Waals surface area contributed by atoms with E-state index in [2.05, 4.69) is 0 Å². The molecule has 0 aromatic heterocycles. The van der Waals surface area contributed by atoms with Crippen molar-refractivity contribution >= 4 is 0 Å². The maximum atomic E-state index is 13.8. The van der Waals surface area contributed by atoms with Crippen LogP contribution in [0, 0.1) is 18.6 Å². The van der Waals surface area contributed by atoms with Gasteiger partial charge in [0.15, 0.2) is 0 Å². The fourth-order valence-corrected chi connectivity index (χ4v) is 1.79. The molecule has 2 rings (SSSR count). The molecule has 100 valence electrons. The number of halogens is 5. The third-order valence-corrected chi connectivity index (χ3v) is 2.79. The van der Waals surface area contributed by atoms with Gasteiger partial charge in [-0.15, -0.1) is 0 Å². The third kappa shape index (κ3) is 2.75. The summed E-state index contributed by atoms with van der Waals surface area (Å²) in [6.07, 6.45) is -4.60. The van der Waals surface area contributed by atoms with Gasteiger partial charge in [-0.25, -0.2) is 8.78 Å². The fraction of sp³-hybridized carbons (Fsp3) is 0.143. The average molecular weight is 272 g/mol. The SMILES string of the molecule is Cc1ccc(F)cc1-c1ccc(C(F)(F)F)cc1F. The van der Waals surface area contributed by atoms with E-state index in [-0.39, 0.29) is 11.1 Å². The van der Waals surface area contributed by atoms with Gasteiger partial charge in [-0.1, -0.05) is 12.1 Å². The molecule has 2 aromatic rings. The molecule has 0 bridgehead atoms. The maximum absolute atomic E-state index is 13.8. The van der Waals surface area contributed by atoms with E-state index in [1.54, 1.807) is 6.92 Å². The smallest absolute Gasteiger partial charge is 0.207 e. The van der Waals surface area contributed by atoms with Gasteiger partial charge < -0.3 is 0 Å². The normalized spacial score (nSPS) is 11.7. The molecule has 0 aliphatic heterocycles. The number of aryl methyl sites for hydroxylation is 1. The van der Waals surface area contributed by atoms with E-state index in [4.69, 9.17) is 0 Å². The van der Waals surface area contributed by atoms with E-state index in [1.165, 1.54) is 12.1 Å². The zero-order chi connectivity index (χ0) is 14.2. The second-order valence-electron chi connectivity index (χ2n) is 4.15. The summed E-state index contributed by atoms with van der Waals surface area (Å²) in [5.74, 6) is -1.59. The Balaban J connectivity index is 2.55. The van der Waals surface area contributed by atoms with Gasteiger partial charge in [-0.3, -0.25) is 0 Å². The molecule has 2 aromatic carbocycles. The molecule has 0 fully saturated rings. The first-order chi connectivity index (χ1) is 8.79. The van der Waals surface area contributed by atoms with Crippen molar-refractivity contribution in [2.24, 2.45) is 0 Å². The molecule has 0 saturated heterocycles. The van der Waals surface area contributed by atoms with Gasteiger partial charge >= 0.3 is 6.18 Å². The maximum Gasteiger partial charge on any atom is 0.416 e. The number of hydrogen-bond donors (Lipinski definition) is 0. The lowest BCUT2D eigenvalue weighted by molar-refractivity contribution is -0.137. The molecule has 0 aliphatic rings. The predicted molar refractivity (Wildman–Crippen MR) is 61.5 cm³/mol. The molecule has 0 aliphatic carbocycles. The monoisotopic (exact) mass is 272 g/mol. The lowest BCUT2D eigenvalue weighted by atomic mass is 9.98. The van der Waals surface area contributed by atoms with Crippen LogP contribution in [0.5, 0.6) is 0 Å². The molecule has 0 heterocycles. The predicted octanol–water partition coefficient (Wildman–Crippen LogP) is 4.96. The third-order valence-electron chi connectivity index (χ3n) is 2.79. The van der Waals surface area contributed by atoms with Crippen molar-refractivity contribution in [2.45, 2.75) is 13.1 Å². The molecule has 0 saturated carbocycles. The second kappa shape index (κ2) is 4.64. The van der Waals surface area contributed by atoms with Gasteiger partial charge in [0.25, 0.3) is 0 Å². The molecule has 19 heavy (non-hydrogen) atoms. The molecule has 0 unspecified atom stereocenters. The van der Waals surface area contributed by atoms with Gasteiger partial charge in [0, 0.05) is 5.56 Å². The minimum absolute atomic E-state index is 0.0509. The largest absolute Gasteiger partial charge is 0.416 e. The van der Waals surface area contributed by atoms with Crippen molar-refractivity contribution in [2.75, 3.05) is 0 Å². The molecule has 0 atom stereocenters. The summed E-state index contributed by atoms with van der Waals surface area (Å²) in [4.78, 5) is 0. The van der Waals surface area contributed by atoms with Crippen LogP contribution < -0.4 is 0 Å². The van der Waals surface area contributed by atoms with Crippen molar-refractivity contribution in [1.82, 2.24) is 0 Å². The summed E-state index contributed by atoms with van der Waals surface area (Å²) in [7, 11) is 0. The van der Waals surface area contributed by atoms with Crippen molar-refractivity contribution in [3.8, 4) is 11.1 Å². The van der Waals surface area contributed by atoms with Crippen LogP contribution in [0.1, 0.15) is 11.1 Å². The highest BCUT2D eigenvalue weighted by atomic mass is 19.4. The van der Waals surface area contributed by atoms with Crippen molar-refractivity contribution in [3.63, 3.8) is 0 Å². The van der Waals surface area contributed by atoms with Crippen LogP contribution in [0.3, 0.4) is 0 Å². The first-order valence-electron chi connectivity index (χ1n) is 5.42. The lowest BCUT2D eigenvalue weighted by Crippen LogP contribution is -2.05. The molecular weight excluding hydrogens is 263 g/mol. The highest BCUT2D eigenvalue weighted by Gasteiger charge is 2.31. The minimum atomic E-state index is -4.60. The quantitative estimate of drug-likeness (QED) is 0.644. The Bertz CT molecular complexity index is 614. The van der Waals surface area contributed by atoms with Crippen molar-refractivity contribution < 1.29 is 22.0 Å². The zero-order valence-corrected chi connectivity index (χ0v) is 9.85. The topological polar surface area (TPSA) is 0 Å². The number of rotatable bonds is 1. The Hall–Kier alpha value is -1.91. The highest BCUT2D eigenvalue weighted by Crippen LogP contribution is 2.33. The first-order valence-corrected chi connectivity index (χ1v) is 5.42. The summed E-state index contributed by atoms with van der Waals surface area (Å²) in [6, 6.07) is 5.96. The highest BCUT2D eigenvalue weighted by molar-refractivity contribution is 5.68. The summed E-state index contributed by atoms with van der Waals surface area (Å²) in [6.45, 7) is 1.63. The molecule has 0 radical (unpaired) electrons. The van der Waals surface area contributed by atoms with Crippen molar-refractivity contribution in [3.05, 3.63) is 59.2 Å². The second-order valence-corrected chi connectivity index (χ2v) is 4.15. The molecule has 0 amide bonds. The van der Waals surface area contributed by atoms with Crippen LogP contribution in [-0.4, -0.2) is 0 Å². The summed E-state index contributed by atoms with van der Waals surface area (Å²) >= 11 is 0. The molecule has 0 spiro atoms. The van der Waals surface area contributed by atoms with Gasteiger partial charge in [-0.2, -0.15) is 13.2 Å². The Kier molecular flexibility index (Phi) is 3.30. The standard InChI is InChI=1S/C14H9F5/c1-8-2-4-10(15)7-12(8)11-5-3-9(6-13(11)16)14(17,18)19/h2-7H,1H3. The molecule has 0 N–H and O–H groups in total. The van der Waals surface area contributed by atoms with Crippen LogP contribution in [0.4, 0.5) is 22.0 Å². The summed E-state index contributed by atoms with van der Waals surface area (Å²) < 4.78 is 64.1. The number of benzene rings is 2. The Morgan fingerprint density at radius 1 is 0.842 bits per heavy atom. The van der Waals surface area contributed by atoms with E-state index >= 15 is 0 Å². The zero-order valence-electron chi connectivity index (χ0n) is 9.85. The van der Waals surface area contributed by atoms with E-state index in [1.807, 2.05) is 0 Å². The van der Waals surface area contributed by atoms with Crippen LogP contribution in [0.2, 0.25) is 0 Å². The van der Waals surface area contributed by atoms with E-state index < -0.39 is 23.4 Å². The van der Waals surface area contributed by atoms with Gasteiger partial charge in [0.05, 0.1) is 5.56 Å². The summed E-state index contributed by atoms with van der Waals surface area (Å²) in [5, 5.41) is 0. The van der Waals surface area contributed by atoms with Crippen LogP contribution in [0.25, 0.3) is 11.1 Å². The lowest BCUT2D eigenvalue weighted by Gasteiger charge is -2.11. The Labute approximate surface area is 106 Å². The average Bonchev–Trinajstić information content (AvgIpc) is 2.31. The van der Waals surface area contributed by atoms with Crippen molar-refractivity contribution in [1.29, 1.82) is 0 Å². The molecular formula is C14H9F5. The molecule has 0 nitrogen and oxygen atoms in total. The Morgan fingerprint density at radius 2 is 1.53 bits per heavy atom.